The summed E-state index contributed by atoms with van der Waals surface area (Å²) >= 11 is 6.21. The van der Waals surface area contributed by atoms with Crippen LogP contribution >= 0.6 is 11.6 Å². The summed E-state index contributed by atoms with van der Waals surface area (Å²) in [5, 5.41) is 4.09. The molecule has 1 aromatic rings. The molecule has 0 heterocycles. The SMILES string of the molecule is CCOC1CC(Nc2cc(Cl)c(OC)cc2OC)C1(C)C. The average Bonchev–Trinajstić information content (AvgIpc) is 2.46. The smallest absolute Gasteiger partial charge is 0.145 e. The van der Waals surface area contributed by atoms with Crippen molar-refractivity contribution in [3.63, 3.8) is 0 Å². The zero-order chi connectivity index (χ0) is 15.6. The highest BCUT2D eigenvalue weighted by Gasteiger charge is 2.49. The maximum atomic E-state index is 6.21. The van der Waals surface area contributed by atoms with E-state index in [0.717, 1.165) is 24.5 Å². The van der Waals surface area contributed by atoms with Crippen LogP contribution in [0.4, 0.5) is 5.69 Å². The number of ether oxygens (including phenoxy) is 3. The van der Waals surface area contributed by atoms with E-state index in [4.69, 9.17) is 25.8 Å². The van der Waals surface area contributed by atoms with Gasteiger partial charge in [-0.25, -0.2) is 0 Å². The normalized spacial score (nSPS) is 23.3. The van der Waals surface area contributed by atoms with Gasteiger partial charge in [-0.15, -0.1) is 0 Å². The first-order valence-electron chi connectivity index (χ1n) is 7.23. The molecule has 0 aromatic heterocycles. The molecule has 1 saturated carbocycles. The van der Waals surface area contributed by atoms with Gasteiger partial charge in [0.05, 0.1) is 31.0 Å². The average molecular weight is 314 g/mol. The summed E-state index contributed by atoms with van der Waals surface area (Å²) in [7, 11) is 3.23. The molecule has 2 atom stereocenters. The van der Waals surface area contributed by atoms with Crippen molar-refractivity contribution in [1.82, 2.24) is 0 Å². The van der Waals surface area contributed by atoms with Gasteiger partial charge in [0.1, 0.15) is 11.5 Å². The summed E-state index contributed by atoms with van der Waals surface area (Å²) in [6.07, 6.45) is 1.27. The van der Waals surface area contributed by atoms with E-state index < -0.39 is 0 Å². The fourth-order valence-electron chi connectivity index (χ4n) is 2.77. The number of hydrogen-bond acceptors (Lipinski definition) is 4. The van der Waals surface area contributed by atoms with E-state index in [1.165, 1.54) is 0 Å². The van der Waals surface area contributed by atoms with Gasteiger partial charge in [0, 0.05) is 24.1 Å². The summed E-state index contributed by atoms with van der Waals surface area (Å²) in [6, 6.07) is 3.98. The predicted octanol–water partition coefficient (Wildman–Crippen LogP) is 3.97. The number of methoxy groups -OCH3 is 2. The van der Waals surface area contributed by atoms with E-state index >= 15 is 0 Å². The van der Waals surface area contributed by atoms with Crippen LogP contribution in [0.1, 0.15) is 27.2 Å². The molecule has 0 radical (unpaired) electrons. The molecule has 4 nitrogen and oxygen atoms in total. The minimum Gasteiger partial charge on any atom is -0.495 e. The van der Waals surface area contributed by atoms with Crippen molar-refractivity contribution in [2.75, 3.05) is 26.1 Å². The van der Waals surface area contributed by atoms with Crippen LogP contribution in [-0.4, -0.2) is 33.0 Å². The van der Waals surface area contributed by atoms with Crippen LogP contribution in [0.25, 0.3) is 0 Å². The third kappa shape index (κ3) is 3.06. The maximum Gasteiger partial charge on any atom is 0.145 e. The highest BCUT2D eigenvalue weighted by molar-refractivity contribution is 6.32. The Labute approximate surface area is 131 Å². The number of rotatable bonds is 6. The Morgan fingerprint density at radius 1 is 1.24 bits per heavy atom. The van der Waals surface area contributed by atoms with Crippen LogP contribution in [0.15, 0.2) is 12.1 Å². The topological polar surface area (TPSA) is 39.7 Å². The van der Waals surface area contributed by atoms with Crippen molar-refractivity contribution in [3.8, 4) is 11.5 Å². The lowest BCUT2D eigenvalue weighted by Crippen LogP contribution is -2.58. The van der Waals surface area contributed by atoms with Crippen molar-refractivity contribution in [3.05, 3.63) is 17.2 Å². The highest BCUT2D eigenvalue weighted by atomic mass is 35.5. The van der Waals surface area contributed by atoms with Crippen LogP contribution < -0.4 is 14.8 Å². The summed E-state index contributed by atoms with van der Waals surface area (Å²) in [4.78, 5) is 0. The van der Waals surface area contributed by atoms with E-state index in [2.05, 4.69) is 19.2 Å². The highest BCUT2D eigenvalue weighted by Crippen LogP contribution is 2.46. The van der Waals surface area contributed by atoms with Gasteiger partial charge < -0.3 is 19.5 Å². The summed E-state index contributed by atoms with van der Waals surface area (Å²) < 4.78 is 16.4. The molecule has 5 heteroatoms. The van der Waals surface area contributed by atoms with E-state index in [0.29, 0.717) is 22.9 Å². The third-order valence-corrected chi connectivity index (χ3v) is 4.64. The van der Waals surface area contributed by atoms with Gasteiger partial charge in [0.15, 0.2) is 0 Å². The zero-order valence-corrected chi connectivity index (χ0v) is 14.1. The lowest BCUT2D eigenvalue weighted by molar-refractivity contribution is -0.0976. The summed E-state index contributed by atoms with van der Waals surface area (Å²) in [6.45, 7) is 7.21. The minimum absolute atomic E-state index is 0.0768. The maximum absolute atomic E-state index is 6.21. The Morgan fingerprint density at radius 2 is 1.90 bits per heavy atom. The van der Waals surface area contributed by atoms with E-state index in [9.17, 15) is 0 Å². The summed E-state index contributed by atoms with van der Waals surface area (Å²) in [5.41, 5.74) is 0.962. The van der Waals surface area contributed by atoms with Crippen LogP contribution in [0.3, 0.4) is 0 Å². The molecule has 21 heavy (non-hydrogen) atoms. The molecule has 2 rings (SSSR count). The molecule has 1 aromatic carbocycles. The van der Waals surface area contributed by atoms with Gasteiger partial charge in [-0.1, -0.05) is 25.4 Å². The summed E-state index contributed by atoms with van der Waals surface area (Å²) in [5.74, 6) is 1.34. The second-order valence-electron chi connectivity index (χ2n) is 5.89. The van der Waals surface area contributed by atoms with Gasteiger partial charge in [-0.05, 0) is 19.4 Å². The second-order valence-corrected chi connectivity index (χ2v) is 6.29. The Kier molecular flexibility index (Phi) is 4.89. The minimum atomic E-state index is 0.0768. The van der Waals surface area contributed by atoms with E-state index in [1.54, 1.807) is 20.3 Å². The number of halogens is 1. The van der Waals surface area contributed by atoms with E-state index in [1.807, 2.05) is 13.0 Å². The quantitative estimate of drug-likeness (QED) is 0.862. The molecule has 2 unspecified atom stereocenters. The zero-order valence-electron chi connectivity index (χ0n) is 13.3. The Balaban J connectivity index is 2.15. The van der Waals surface area contributed by atoms with Crippen LogP contribution in [0.5, 0.6) is 11.5 Å². The fourth-order valence-corrected chi connectivity index (χ4v) is 3.02. The van der Waals surface area contributed by atoms with Crippen LogP contribution in [-0.2, 0) is 4.74 Å². The molecule has 0 saturated heterocycles. The third-order valence-electron chi connectivity index (χ3n) is 4.35. The van der Waals surface area contributed by atoms with Gasteiger partial charge >= 0.3 is 0 Å². The Hall–Kier alpha value is -1.13. The standard InChI is InChI=1S/C16H24ClNO3/c1-6-21-15-9-14(16(15,2)3)18-11-7-10(17)12(19-4)8-13(11)20-5/h7-8,14-15,18H,6,9H2,1-5H3. The number of benzene rings is 1. The van der Waals surface area contributed by atoms with Crippen LogP contribution in [0.2, 0.25) is 5.02 Å². The largest absolute Gasteiger partial charge is 0.495 e. The van der Waals surface area contributed by atoms with Crippen molar-refractivity contribution in [1.29, 1.82) is 0 Å². The van der Waals surface area contributed by atoms with Gasteiger partial charge in [-0.3, -0.25) is 0 Å². The van der Waals surface area contributed by atoms with Crippen molar-refractivity contribution >= 4 is 17.3 Å². The van der Waals surface area contributed by atoms with Gasteiger partial charge in [-0.2, -0.15) is 0 Å². The second kappa shape index (κ2) is 6.32. The van der Waals surface area contributed by atoms with Gasteiger partial charge in [0.25, 0.3) is 0 Å². The number of hydrogen-bond donors (Lipinski definition) is 1. The monoisotopic (exact) mass is 313 g/mol. The number of anilines is 1. The molecule has 0 spiro atoms. The molecular formula is C16H24ClNO3. The van der Waals surface area contributed by atoms with Crippen molar-refractivity contribution < 1.29 is 14.2 Å². The molecule has 0 aliphatic heterocycles. The molecule has 1 aliphatic rings. The molecule has 1 aliphatic carbocycles. The lowest BCUT2D eigenvalue weighted by atomic mass is 9.64. The molecule has 1 fully saturated rings. The Bertz CT molecular complexity index is 505. The first-order valence-corrected chi connectivity index (χ1v) is 7.61. The first kappa shape index (κ1) is 16.2. The van der Waals surface area contributed by atoms with Crippen molar-refractivity contribution in [2.45, 2.75) is 39.3 Å². The fraction of sp³-hybridized carbons (Fsp3) is 0.625. The molecule has 0 amide bonds. The lowest BCUT2D eigenvalue weighted by Gasteiger charge is -2.52. The molecular weight excluding hydrogens is 290 g/mol. The Morgan fingerprint density at radius 3 is 2.43 bits per heavy atom. The molecule has 1 N–H and O–H groups in total. The predicted molar refractivity (Wildman–Crippen MR) is 85.8 cm³/mol. The van der Waals surface area contributed by atoms with Crippen LogP contribution in [0, 0.1) is 5.41 Å². The van der Waals surface area contributed by atoms with E-state index in [-0.39, 0.29) is 5.41 Å². The molecule has 0 bridgehead atoms. The van der Waals surface area contributed by atoms with Crippen molar-refractivity contribution in [2.24, 2.45) is 5.41 Å². The van der Waals surface area contributed by atoms with Gasteiger partial charge in [0.2, 0.25) is 0 Å². The molecule has 118 valence electrons. The first-order chi connectivity index (χ1) is 9.93. The number of nitrogens with one attached hydrogen (secondary N) is 1.